The molecule has 0 amide bonds. The SMILES string of the molecule is O=S(=O)(c1c(F)cccc1F)N1CCN(CCc2ccccc2)CC1. The van der Waals surface area contributed by atoms with Crippen molar-refractivity contribution in [2.24, 2.45) is 0 Å². The van der Waals surface area contributed by atoms with E-state index in [1.165, 1.54) is 5.56 Å². The lowest BCUT2D eigenvalue weighted by Gasteiger charge is -2.34. The van der Waals surface area contributed by atoms with Crippen LogP contribution in [0.3, 0.4) is 0 Å². The molecule has 4 nitrogen and oxygen atoms in total. The quantitative estimate of drug-likeness (QED) is 0.816. The minimum atomic E-state index is -4.16. The Hall–Kier alpha value is -1.83. The van der Waals surface area contributed by atoms with Gasteiger partial charge >= 0.3 is 0 Å². The summed E-state index contributed by atoms with van der Waals surface area (Å²) in [5.74, 6) is -2.10. The summed E-state index contributed by atoms with van der Waals surface area (Å²) in [6, 6.07) is 13.1. The molecule has 0 unspecified atom stereocenters. The van der Waals surface area contributed by atoms with Gasteiger partial charge in [-0.1, -0.05) is 36.4 Å². The van der Waals surface area contributed by atoms with E-state index in [4.69, 9.17) is 0 Å². The van der Waals surface area contributed by atoms with E-state index in [0.717, 1.165) is 35.5 Å². The second kappa shape index (κ2) is 7.59. The molecule has 2 aromatic rings. The maximum atomic E-state index is 13.8. The van der Waals surface area contributed by atoms with Gasteiger partial charge in [0, 0.05) is 32.7 Å². The summed E-state index contributed by atoms with van der Waals surface area (Å²) >= 11 is 0. The highest BCUT2D eigenvalue weighted by molar-refractivity contribution is 7.89. The van der Waals surface area contributed by atoms with Crippen molar-refractivity contribution in [3.63, 3.8) is 0 Å². The molecule has 1 aliphatic rings. The maximum absolute atomic E-state index is 13.8. The monoisotopic (exact) mass is 366 g/mol. The summed E-state index contributed by atoms with van der Waals surface area (Å²) in [7, 11) is -4.16. The minimum absolute atomic E-state index is 0.227. The average molecular weight is 366 g/mol. The van der Waals surface area contributed by atoms with Crippen molar-refractivity contribution in [2.45, 2.75) is 11.3 Å². The first kappa shape index (κ1) is 18.0. The van der Waals surface area contributed by atoms with Crippen molar-refractivity contribution in [2.75, 3.05) is 32.7 Å². The molecule has 7 heteroatoms. The van der Waals surface area contributed by atoms with Crippen molar-refractivity contribution in [3.05, 3.63) is 65.7 Å². The highest BCUT2D eigenvalue weighted by atomic mass is 32.2. The Bertz CT molecular complexity index is 800. The summed E-state index contributed by atoms with van der Waals surface area (Å²) in [5.41, 5.74) is 1.23. The lowest BCUT2D eigenvalue weighted by Crippen LogP contribution is -2.49. The zero-order valence-corrected chi connectivity index (χ0v) is 14.6. The van der Waals surface area contributed by atoms with Gasteiger partial charge in [0.1, 0.15) is 11.6 Å². The molecule has 0 bridgehead atoms. The molecule has 1 aliphatic heterocycles. The molecule has 0 saturated carbocycles. The van der Waals surface area contributed by atoms with Crippen LogP contribution in [0.1, 0.15) is 5.56 Å². The predicted octanol–water partition coefficient (Wildman–Crippen LogP) is 2.51. The van der Waals surface area contributed by atoms with Gasteiger partial charge < -0.3 is 4.90 Å². The fourth-order valence-electron chi connectivity index (χ4n) is 2.98. The second-order valence-electron chi connectivity index (χ2n) is 6.03. The van der Waals surface area contributed by atoms with Crippen LogP contribution in [-0.4, -0.2) is 50.3 Å². The third-order valence-corrected chi connectivity index (χ3v) is 6.36. The molecule has 0 aromatic heterocycles. The summed E-state index contributed by atoms with van der Waals surface area (Å²) in [5, 5.41) is 0. The van der Waals surface area contributed by atoms with Crippen molar-refractivity contribution >= 4 is 10.0 Å². The number of halogens is 2. The first-order valence-corrected chi connectivity index (χ1v) is 9.63. The smallest absolute Gasteiger partial charge is 0.249 e. The number of hydrogen-bond acceptors (Lipinski definition) is 3. The first-order valence-electron chi connectivity index (χ1n) is 8.19. The van der Waals surface area contributed by atoms with E-state index in [-0.39, 0.29) is 13.1 Å². The van der Waals surface area contributed by atoms with Crippen LogP contribution in [0.4, 0.5) is 8.78 Å². The molecule has 1 fully saturated rings. The lowest BCUT2D eigenvalue weighted by molar-refractivity contribution is 0.189. The molecular formula is C18H20F2N2O2S. The van der Waals surface area contributed by atoms with E-state index in [0.29, 0.717) is 13.1 Å². The number of rotatable bonds is 5. The van der Waals surface area contributed by atoms with E-state index < -0.39 is 26.6 Å². The molecule has 0 aliphatic carbocycles. The molecule has 0 spiro atoms. The van der Waals surface area contributed by atoms with Gasteiger partial charge in [-0.25, -0.2) is 17.2 Å². The molecule has 1 heterocycles. The van der Waals surface area contributed by atoms with Crippen molar-refractivity contribution < 1.29 is 17.2 Å². The molecule has 134 valence electrons. The van der Waals surface area contributed by atoms with Crippen molar-refractivity contribution in [1.82, 2.24) is 9.21 Å². The van der Waals surface area contributed by atoms with Gasteiger partial charge in [0.25, 0.3) is 0 Å². The Morgan fingerprint density at radius 2 is 1.44 bits per heavy atom. The van der Waals surface area contributed by atoms with Crippen LogP contribution in [0.5, 0.6) is 0 Å². The Balaban J connectivity index is 1.62. The predicted molar refractivity (Wildman–Crippen MR) is 91.7 cm³/mol. The van der Waals surface area contributed by atoms with Crippen LogP contribution in [-0.2, 0) is 16.4 Å². The van der Waals surface area contributed by atoms with Crippen LogP contribution in [0.2, 0.25) is 0 Å². The molecule has 2 aromatic carbocycles. The highest BCUT2D eigenvalue weighted by Crippen LogP contribution is 2.23. The topological polar surface area (TPSA) is 40.6 Å². The molecule has 0 atom stereocenters. The summed E-state index contributed by atoms with van der Waals surface area (Å²) in [6.45, 7) is 2.37. The van der Waals surface area contributed by atoms with Crippen molar-refractivity contribution in [3.8, 4) is 0 Å². The van der Waals surface area contributed by atoms with Crippen LogP contribution in [0.25, 0.3) is 0 Å². The minimum Gasteiger partial charge on any atom is -0.300 e. The van der Waals surface area contributed by atoms with Crippen LogP contribution in [0.15, 0.2) is 53.4 Å². The number of sulfonamides is 1. The zero-order chi connectivity index (χ0) is 17.9. The molecule has 1 saturated heterocycles. The second-order valence-corrected chi connectivity index (χ2v) is 7.91. The van der Waals surface area contributed by atoms with Gasteiger partial charge in [-0.05, 0) is 24.1 Å². The summed E-state index contributed by atoms with van der Waals surface area (Å²) in [4.78, 5) is 1.31. The maximum Gasteiger partial charge on any atom is 0.249 e. The Labute approximate surface area is 146 Å². The zero-order valence-electron chi connectivity index (χ0n) is 13.7. The largest absolute Gasteiger partial charge is 0.300 e. The molecule has 0 N–H and O–H groups in total. The van der Waals surface area contributed by atoms with E-state index in [1.54, 1.807) is 0 Å². The van der Waals surface area contributed by atoms with Gasteiger partial charge in [-0.15, -0.1) is 0 Å². The lowest BCUT2D eigenvalue weighted by atomic mass is 10.1. The fourth-order valence-corrected chi connectivity index (χ4v) is 4.51. The van der Waals surface area contributed by atoms with Gasteiger partial charge in [-0.2, -0.15) is 4.31 Å². The highest BCUT2D eigenvalue weighted by Gasteiger charge is 2.32. The third-order valence-electron chi connectivity index (χ3n) is 4.41. The van der Waals surface area contributed by atoms with E-state index in [1.807, 2.05) is 18.2 Å². The Kier molecular flexibility index (Phi) is 5.46. The Morgan fingerprint density at radius 1 is 0.840 bits per heavy atom. The first-order chi connectivity index (χ1) is 12.0. The van der Waals surface area contributed by atoms with Crippen LogP contribution in [0, 0.1) is 11.6 Å². The van der Waals surface area contributed by atoms with Crippen LogP contribution >= 0.6 is 0 Å². The van der Waals surface area contributed by atoms with Gasteiger partial charge in [0.2, 0.25) is 10.0 Å². The Morgan fingerprint density at radius 3 is 2.04 bits per heavy atom. The summed E-state index contributed by atoms with van der Waals surface area (Å²) < 4.78 is 53.9. The van der Waals surface area contributed by atoms with E-state index in [9.17, 15) is 17.2 Å². The average Bonchev–Trinajstić information content (AvgIpc) is 2.61. The normalized spacial score (nSPS) is 16.9. The van der Waals surface area contributed by atoms with Gasteiger partial charge in [0.15, 0.2) is 4.90 Å². The number of piperazine rings is 1. The molecular weight excluding hydrogens is 346 g/mol. The molecule has 3 rings (SSSR count). The summed E-state index contributed by atoms with van der Waals surface area (Å²) in [6.07, 6.45) is 0.884. The standard InChI is InChI=1S/C18H20F2N2O2S/c19-16-7-4-8-17(20)18(16)25(23,24)22-13-11-21(12-14-22)10-9-15-5-2-1-3-6-15/h1-8H,9-14H2. The fraction of sp³-hybridized carbons (Fsp3) is 0.333. The molecule has 0 radical (unpaired) electrons. The number of hydrogen-bond donors (Lipinski definition) is 0. The third kappa shape index (κ3) is 4.05. The number of benzene rings is 2. The van der Waals surface area contributed by atoms with Crippen LogP contribution < -0.4 is 0 Å². The number of nitrogens with zero attached hydrogens (tertiary/aromatic N) is 2. The van der Waals surface area contributed by atoms with E-state index in [2.05, 4.69) is 17.0 Å². The van der Waals surface area contributed by atoms with Gasteiger partial charge in [-0.3, -0.25) is 0 Å². The molecule has 25 heavy (non-hydrogen) atoms. The van der Waals surface area contributed by atoms with Gasteiger partial charge in [0.05, 0.1) is 0 Å². The van der Waals surface area contributed by atoms with Crippen molar-refractivity contribution in [1.29, 1.82) is 0 Å². The van der Waals surface area contributed by atoms with E-state index >= 15 is 0 Å².